The molecule has 5 nitrogen and oxygen atoms in total. The Kier molecular flexibility index (Phi) is 7.12. The van der Waals surface area contributed by atoms with E-state index in [0.29, 0.717) is 12.8 Å². The number of alkyl halides is 3. The van der Waals surface area contributed by atoms with Crippen molar-refractivity contribution in [2.24, 2.45) is 5.92 Å². The summed E-state index contributed by atoms with van der Waals surface area (Å²) in [6.07, 6.45) is -3.86. The molecule has 0 unspecified atom stereocenters. The van der Waals surface area contributed by atoms with Crippen LogP contribution in [-0.2, 0) is 21.0 Å². The van der Waals surface area contributed by atoms with E-state index in [1.807, 2.05) is 0 Å². The third kappa shape index (κ3) is 5.46. The molecule has 0 saturated carbocycles. The van der Waals surface area contributed by atoms with E-state index in [0.717, 1.165) is 22.5 Å². The van der Waals surface area contributed by atoms with Crippen LogP contribution in [0.4, 0.5) is 18.9 Å². The fourth-order valence-corrected chi connectivity index (χ4v) is 5.65. The Hall–Kier alpha value is -1.52. The van der Waals surface area contributed by atoms with Gasteiger partial charge < -0.3 is 5.32 Å². The highest BCUT2D eigenvalue weighted by Crippen LogP contribution is 2.35. The number of rotatable bonds is 4. The predicted molar refractivity (Wildman–Crippen MR) is 113 cm³/mol. The van der Waals surface area contributed by atoms with Gasteiger partial charge in [0.25, 0.3) is 0 Å². The third-order valence-corrected chi connectivity index (χ3v) is 7.73. The van der Waals surface area contributed by atoms with Gasteiger partial charge in [0.2, 0.25) is 15.9 Å². The van der Waals surface area contributed by atoms with Crippen LogP contribution in [0.5, 0.6) is 0 Å². The number of nitrogens with one attached hydrogen (secondary N) is 1. The first-order valence-corrected chi connectivity index (χ1v) is 11.6. The first-order valence-electron chi connectivity index (χ1n) is 9.02. The molecule has 2 aromatic rings. The summed E-state index contributed by atoms with van der Waals surface area (Å²) < 4.78 is 66.0. The van der Waals surface area contributed by atoms with E-state index in [9.17, 15) is 26.4 Å². The summed E-state index contributed by atoms with van der Waals surface area (Å²) in [6.45, 7) is 0.00681. The van der Waals surface area contributed by atoms with E-state index in [1.165, 1.54) is 18.2 Å². The highest BCUT2D eigenvalue weighted by atomic mass is 35.5. The molecule has 1 N–H and O–H groups in total. The second-order valence-corrected chi connectivity index (χ2v) is 10.1. The van der Waals surface area contributed by atoms with E-state index in [2.05, 4.69) is 5.32 Å². The second kappa shape index (κ2) is 9.15. The molecule has 168 valence electrons. The number of halogens is 6. The number of benzene rings is 2. The molecule has 0 bridgehead atoms. The number of hydrogen-bond acceptors (Lipinski definition) is 3. The summed E-state index contributed by atoms with van der Waals surface area (Å²) in [4.78, 5) is 12.5. The van der Waals surface area contributed by atoms with E-state index in [-0.39, 0.29) is 38.7 Å². The van der Waals surface area contributed by atoms with Crippen LogP contribution in [0.3, 0.4) is 0 Å². The summed E-state index contributed by atoms with van der Waals surface area (Å²) in [7, 11) is -4.03. The number of nitrogens with zero attached hydrogens (tertiary/aromatic N) is 1. The fourth-order valence-electron chi connectivity index (χ4n) is 3.22. The minimum absolute atomic E-state index is 0.00766. The molecule has 1 amide bonds. The van der Waals surface area contributed by atoms with Gasteiger partial charge in [-0.3, -0.25) is 4.79 Å². The van der Waals surface area contributed by atoms with Crippen LogP contribution in [0.2, 0.25) is 15.1 Å². The SMILES string of the molecule is O=C(Nc1cc(C(F)(F)F)ccc1Cl)[C@@H]1CCCN(S(=O)(=O)c2cc(Cl)ccc2Cl)C1. The minimum Gasteiger partial charge on any atom is -0.324 e. The molecule has 2 aromatic carbocycles. The van der Waals surface area contributed by atoms with Crippen LogP contribution in [0.1, 0.15) is 18.4 Å². The highest BCUT2D eigenvalue weighted by molar-refractivity contribution is 7.89. The lowest BCUT2D eigenvalue weighted by Crippen LogP contribution is -2.43. The first kappa shape index (κ1) is 24.1. The van der Waals surface area contributed by atoms with Gasteiger partial charge in [0.15, 0.2) is 0 Å². The number of amides is 1. The zero-order valence-corrected chi connectivity index (χ0v) is 18.8. The van der Waals surface area contributed by atoms with Crippen LogP contribution >= 0.6 is 34.8 Å². The van der Waals surface area contributed by atoms with Gasteiger partial charge in [0.1, 0.15) is 4.90 Å². The Morgan fingerprint density at radius 1 is 1.06 bits per heavy atom. The van der Waals surface area contributed by atoms with E-state index in [4.69, 9.17) is 34.8 Å². The van der Waals surface area contributed by atoms with Crippen LogP contribution in [-0.4, -0.2) is 31.7 Å². The third-order valence-electron chi connectivity index (χ3n) is 4.82. The highest BCUT2D eigenvalue weighted by Gasteiger charge is 2.35. The van der Waals surface area contributed by atoms with Crippen molar-refractivity contribution in [3.63, 3.8) is 0 Å². The number of anilines is 1. The molecule has 1 atom stereocenters. The summed E-state index contributed by atoms with van der Waals surface area (Å²) >= 11 is 17.8. The minimum atomic E-state index is -4.60. The average Bonchev–Trinajstić information content (AvgIpc) is 2.70. The molecular weight excluding hydrogens is 500 g/mol. The lowest BCUT2D eigenvalue weighted by molar-refractivity contribution is -0.137. The Morgan fingerprint density at radius 2 is 1.74 bits per heavy atom. The maximum atomic E-state index is 13.0. The molecule has 12 heteroatoms. The molecule has 0 aliphatic carbocycles. The summed E-state index contributed by atoms with van der Waals surface area (Å²) in [5, 5.41) is 2.50. The average molecular weight is 516 g/mol. The maximum absolute atomic E-state index is 13.0. The molecule has 1 heterocycles. The lowest BCUT2D eigenvalue weighted by atomic mass is 9.98. The monoisotopic (exact) mass is 514 g/mol. The lowest BCUT2D eigenvalue weighted by Gasteiger charge is -2.31. The molecular formula is C19H16Cl3F3N2O3S. The Bertz CT molecular complexity index is 1110. The molecule has 31 heavy (non-hydrogen) atoms. The molecule has 0 aromatic heterocycles. The number of sulfonamides is 1. The number of hydrogen-bond donors (Lipinski definition) is 1. The van der Waals surface area contributed by atoms with Gasteiger partial charge in [-0.15, -0.1) is 0 Å². The van der Waals surface area contributed by atoms with Crippen molar-refractivity contribution >= 4 is 56.4 Å². The van der Waals surface area contributed by atoms with Gasteiger partial charge in [-0.25, -0.2) is 8.42 Å². The van der Waals surface area contributed by atoms with Gasteiger partial charge in [0, 0.05) is 18.1 Å². The molecule has 1 aliphatic heterocycles. The van der Waals surface area contributed by atoms with E-state index >= 15 is 0 Å². The smallest absolute Gasteiger partial charge is 0.324 e. The molecule has 3 rings (SSSR count). The number of piperidine rings is 1. The first-order chi connectivity index (χ1) is 14.4. The van der Waals surface area contributed by atoms with Gasteiger partial charge >= 0.3 is 6.18 Å². The summed E-state index contributed by atoms with van der Waals surface area (Å²) in [6, 6.07) is 6.63. The molecule has 1 saturated heterocycles. The quantitative estimate of drug-likeness (QED) is 0.568. The van der Waals surface area contributed by atoms with Crippen molar-refractivity contribution < 1.29 is 26.4 Å². The van der Waals surface area contributed by atoms with Crippen LogP contribution < -0.4 is 5.32 Å². The Labute approximate surface area is 192 Å². The number of carbonyl (C=O) groups is 1. The normalized spacial score (nSPS) is 18.1. The van der Waals surface area contributed by atoms with Crippen molar-refractivity contribution in [1.82, 2.24) is 4.31 Å². The molecule has 0 spiro atoms. The molecule has 1 aliphatic rings. The van der Waals surface area contributed by atoms with Gasteiger partial charge in [-0.05, 0) is 49.2 Å². The summed E-state index contributed by atoms with van der Waals surface area (Å²) in [5.41, 5.74) is -1.16. The van der Waals surface area contributed by atoms with E-state index < -0.39 is 33.6 Å². The van der Waals surface area contributed by atoms with Crippen molar-refractivity contribution in [1.29, 1.82) is 0 Å². The van der Waals surface area contributed by atoms with Crippen LogP contribution in [0.25, 0.3) is 0 Å². The van der Waals surface area contributed by atoms with Gasteiger partial charge in [0.05, 0.1) is 27.2 Å². The predicted octanol–water partition coefficient (Wildman–Crippen LogP) is 5.71. The van der Waals surface area contributed by atoms with Gasteiger partial charge in [-0.1, -0.05) is 34.8 Å². The zero-order valence-electron chi connectivity index (χ0n) is 15.7. The molecule has 1 fully saturated rings. The maximum Gasteiger partial charge on any atom is 0.416 e. The van der Waals surface area contributed by atoms with Crippen molar-refractivity contribution in [3.05, 3.63) is 57.0 Å². The zero-order chi connectivity index (χ0) is 23.0. The standard InChI is InChI=1S/C19H16Cl3F3N2O3S/c20-13-4-6-15(22)17(9-13)31(29,30)27-7-1-2-11(10-27)18(28)26-16-8-12(19(23,24)25)3-5-14(16)21/h3-6,8-9,11H,1-2,7,10H2,(H,26,28)/t11-/m1/s1. The summed E-state index contributed by atoms with van der Waals surface area (Å²) in [5.74, 6) is -1.41. The van der Waals surface area contributed by atoms with Crippen molar-refractivity contribution in [2.45, 2.75) is 23.9 Å². The molecule has 0 radical (unpaired) electrons. The van der Waals surface area contributed by atoms with Crippen molar-refractivity contribution in [2.75, 3.05) is 18.4 Å². The Morgan fingerprint density at radius 3 is 2.42 bits per heavy atom. The largest absolute Gasteiger partial charge is 0.416 e. The van der Waals surface area contributed by atoms with E-state index in [1.54, 1.807) is 0 Å². The fraction of sp³-hybridized carbons (Fsp3) is 0.316. The second-order valence-electron chi connectivity index (χ2n) is 6.96. The van der Waals surface area contributed by atoms with Crippen LogP contribution in [0.15, 0.2) is 41.3 Å². The Balaban J connectivity index is 1.79. The van der Waals surface area contributed by atoms with Crippen molar-refractivity contribution in [3.8, 4) is 0 Å². The van der Waals surface area contributed by atoms with Crippen LogP contribution in [0, 0.1) is 5.92 Å². The topological polar surface area (TPSA) is 66.5 Å². The number of carbonyl (C=O) groups excluding carboxylic acids is 1. The van der Waals surface area contributed by atoms with Gasteiger partial charge in [-0.2, -0.15) is 17.5 Å².